The van der Waals surface area contributed by atoms with Crippen molar-refractivity contribution in [2.75, 3.05) is 18.1 Å². The number of aliphatic hydroxyl groups is 1. The van der Waals surface area contributed by atoms with Crippen LogP contribution in [0.1, 0.15) is 10.6 Å². The number of anilines is 1. The molecule has 3 aromatic rings. The molecule has 0 atom stereocenters. The minimum atomic E-state index is -3.72. The van der Waals surface area contributed by atoms with Gasteiger partial charge in [0.15, 0.2) is 5.82 Å². The van der Waals surface area contributed by atoms with Gasteiger partial charge in [-0.3, -0.25) is 9.69 Å². The van der Waals surface area contributed by atoms with Gasteiger partial charge >= 0.3 is 0 Å². The molecule has 1 amide bonds. The third kappa shape index (κ3) is 3.91. The summed E-state index contributed by atoms with van der Waals surface area (Å²) in [5, 5.41) is 8.31. The van der Waals surface area contributed by atoms with Gasteiger partial charge in [0.1, 0.15) is 28.8 Å². The number of rotatable bonds is 5. The molecule has 0 aliphatic rings. The summed E-state index contributed by atoms with van der Waals surface area (Å²) in [6, 6.07) is 5.56. The highest BCUT2D eigenvalue weighted by Crippen LogP contribution is 2.32. The molecule has 2 N–H and O–H groups in total. The number of carbonyl (C=O) groups excluding carboxylic acids is 1. The monoisotopic (exact) mass is 435 g/mol. The summed E-state index contributed by atoms with van der Waals surface area (Å²) < 4.78 is 55.4. The van der Waals surface area contributed by atoms with Crippen LogP contribution in [0.15, 0.2) is 30.3 Å². The molecule has 11 heteroatoms. The van der Waals surface area contributed by atoms with Crippen molar-refractivity contribution in [1.82, 2.24) is 9.97 Å². The van der Waals surface area contributed by atoms with Crippen LogP contribution in [0, 0.1) is 11.6 Å². The highest BCUT2D eigenvalue weighted by Gasteiger charge is 2.36. The lowest BCUT2D eigenvalue weighted by Gasteiger charge is -2.26. The molecule has 0 radical (unpaired) electrons. The van der Waals surface area contributed by atoms with Crippen LogP contribution in [0.5, 0.6) is 0 Å². The van der Waals surface area contributed by atoms with Gasteiger partial charge < -0.3 is 10.1 Å². The smallest absolute Gasteiger partial charge is 0.294 e. The largest absolute Gasteiger partial charge is 0.390 e. The Bertz CT molecular complexity index is 1060. The van der Waals surface area contributed by atoms with Crippen molar-refractivity contribution < 1.29 is 27.5 Å². The van der Waals surface area contributed by atoms with Crippen LogP contribution in [0.25, 0.3) is 11.0 Å². The van der Waals surface area contributed by atoms with E-state index >= 15 is 0 Å². The molecule has 1 heterocycles. The maximum Gasteiger partial charge on any atom is 0.294 e. The predicted octanol–water partition coefficient (Wildman–Crippen LogP) is 4.42. The summed E-state index contributed by atoms with van der Waals surface area (Å²) in [4.78, 5) is 19.6. The van der Waals surface area contributed by atoms with Gasteiger partial charge in [-0.05, 0) is 24.3 Å². The molecule has 0 aliphatic heterocycles. The lowest BCUT2D eigenvalue weighted by Crippen LogP contribution is -2.43. The first-order chi connectivity index (χ1) is 13.1. The molecule has 5 nitrogen and oxygen atoms in total. The zero-order valence-electron chi connectivity index (χ0n) is 13.8. The Morgan fingerprint density at radius 1 is 1.21 bits per heavy atom. The summed E-state index contributed by atoms with van der Waals surface area (Å²) in [7, 11) is 0. The second-order valence-corrected chi connectivity index (χ2v) is 6.66. The van der Waals surface area contributed by atoms with Crippen LogP contribution in [0.3, 0.4) is 0 Å². The number of aromatic amines is 1. The first kappa shape index (κ1) is 20.4. The van der Waals surface area contributed by atoms with Gasteiger partial charge in [-0.1, -0.05) is 29.3 Å². The zero-order chi connectivity index (χ0) is 20.6. The van der Waals surface area contributed by atoms with E-state index in [1.54, 1.807) is 0 Å². The fourth-order valence-corrected chi connectivity index (χ4v) is 2.94. The Morgan fingerprint density at radius 3 is 2.61 bits per heavy atom. The van der Waals surface area contributed by atoms with Crippen LogP contribution in [-0.4, -0.2) is 40.1 Å². The average Bonchev–Trinajstić information content (AvgIpc) is 3.06. The first-order valence-corrected chi connectivity index (χ1v) is 8.48. The molecule has 0 saturated heterocycles. The number of aliphatic hydroxyl groups excluding tert-OH is 1. The number of carbonyl (C=O) groups is 1. The molecule has 1 aromatic heterocycles. The fraction of sp³-hybridized carbons (Fsp3) is 0.176. The second kappa shape index (κ2) is 7.57. The molecule has 2 aromatic carbocycles. The standard InChI is InChI=1S/C17H11Cl2F4N3O2/c18-8-4-10(21)14-11(5-8)24-15(25-14)16(28)26(6-17(22,23)7-27)12-3-1-2-9(20)13(12)19/h1-5,27H,6-7H2,(H,24,25). The number of alkyl halides is 2. The topological polar surface area (TPSA) is 69.2 Å². The van der Waals surface area contributed by atoms with E-state index in [2.05, 4.69) is 9.97 Å². The Morgan fingerprint density at radius 2 is 1.93 bits per heavy atom. The van der Waals surface area contributed by atoms with Crippen LogP contribution < -0.4 is 4.90 Å². The van der Waals surface area contributed by atoms with E-state index in [0.29, 0.717) is 4.90 Å². The van der Waals surface area contributed by atoms with E-state index in [1.807, 2.05) is 0 Å². The minimum absolute atomic E-state index is 0.00689. The maximum atomic E-state index is 14.0. The third-order valence-electron chi connectivity index (χ3n) is 3.80. The number of fused-ring (bicyclic) bond motifs is 1. The molecular weight excluding hydrogens is 425 g/mol. The number of H-pyrrole nitrogens is 1. The number of nitrogens with one attached hydrogen (secondary N) is 1. The molecule has 0 fully saturated rings. The Hall–Kier alpha value is -2.36. The molecule has 0 spiro atoms. The van der Waals surface area contributed by atoms with E-state index in [9.17, 15) is 22.4 Å². The van der Waals surface area contributed by atoms with E-state index in [4.69, 9.17) is 28.3 Å². The van der Waals surface area contributed by atoms with Gasteiger partial charge in [0, 0.05) is 5.02 Å². The van der Waals surface area contributed by atoms with Crippen molar-refractivity contribution in [2.45, 2.75) is 5.92 Å². The van der Waals surface area contributed by atoms with Gasteiger partial charge in [-0.15, -0.1) is 0 Å². The highest BCUT2D eigenvalue weighted by atomic mass is 35.5. The molecule has 148 valence electrons. The predicted molar refractivity (Wildman–Crippen MR) is 96.2 cm³/mol. The van der Waals surface area contributed by atoms with Gasteiger partial charge in [0.25, 0.3) is 11.8 Å². The first-order valence-electron chi connectivity index (χ1n) is 7.72. The summed E-state index contributed by atoms with van der Waals surface area (Å²) in [6.07, 6.45) is 0. The van der Waals surface area contributed by atoms with Crippen LogP contribution in [0.2, 0.25) is 10.0 Å². The van der Waals surface area contributed by atoms with Crippen LogP contribution >= 0.6 is 23.2 Å². The zero-order valence-corrected chi connectivity index (χ0v) is 15.3. The van der Waals surface area contributed by atoms with Gasteiger partial charge in [0.2, 0.25) is 0 Å². The highest BCUT2D eigenvalue weighted by molar-refractivity contribution is 6.34. The molecule has 0 unspecified atom stereocenters. The van der Waals surface area contributed by atoms with E-state index in [0.717, 1.165) is 18.2 Å². The second-order valence-electron chi connectivity index (χ2n) is 5.85. The number of hydrogen-bond acceptors (Lipinski definition) is 3. The van der Waals surface area contributed by atoms with Crippen molar-refractivity contribution >= 4 is 45.8 Å². The number of nitrogens with zero attached hydrogens (tertiary/aromatic N) is 2. The number of halogens is 6. The summed E-state index contributed by atoms with van der Waals surface area (Å²) in [5.74, 6) is -7.08. The summed E-state index contributed by atoms with van der Waals surface area (Å²) in [6.45, 7) is -2.88. The van der Waals surface area contributed by atoms with Crippen molar-refractivity contribution in [3.05, 3.63) is 57.8 Å². The van der Waals surface area contributed by atoms with Crippen LogP contribution in [-0.2, 0) is 0 Å². The van der Waals surface area contributed by atoms with Crippen LogP contribution in [0.4, 0.5) is 23.2 Å². The normalized spacial score (nSPS) is 11.8. The number of amides is 1. The molecule has 0 aliphatic carbocycles. The molecule has 0 bridgehead atoms. The number of benzene rings is 2. The fourth-order valence-electron chi connectivity index (χ4n) is 2.52. The minimum Gasteiger partial charge on any atom is -0.390 e. The Balaban J connectivity index is 2.11. The van der Waals surface area contributed by atoms with E-state index in [-0.39, 0.29) is 21.7 Å². The van der Waals surface area contributed by atoms with Gasteiger partial charge in [-0.2, -0.15) is 0 Å². The quantitative estimate of drug-likeness (QED) is 0.582. The molecule has 0 saturated carbocycles. The summed E-state index contributed by atoms with van der Waals surface area (Å²) >= 11 is 11.6. The number of imidazole rings is 1. The lowest BCUT2D eigenvalue weighted by atomic mass is 10.2. The van der Waals surface area contributed by atoms with Crippen molar-refractivity contribution in [3.63, 3.8) is 0 Å². The lowest BCUT2D eigenvalue weighted by molar-refractivity contribution is -0.0415. The number of aromatic nitrogens is 2. The average molecular weight is 436 g/mol. The van der Waals surface area contributed by atoms with Crippen molar-refractivity contribution in [1.29, 1.82) is 0 Å². The molecule has 3 rings (SSSR count). The van der Waals surface area contributed by atoms with Crippen molar-refractivity contribution in [2.24, 2.45) is 0 Å². The maximum absolute atomic E-state index is 14.0. The molecular formula is C17H11Cl2F4N3O2. The summed E-state index contributed by atoms with van der Waals surface area (Å²) in [5.41, 5.74) is -0.529. The third-order valence-corrected chi connectivity index (χ3v) is 4.39. The van der Waals surface area contributed by atoms with Crippen molar-refractivity contribution in [3.8, 4) is 0 Å². The Labute approximate surface area is 165 Å². The number of hydrogen-bond donors (Lipinski definition) is 2. The van der Waals surface area contributed by atoms with E-state index < -0.39 is 47.5 Å². The van der Waals surface area contributed by atoms with Gasteiger partial charge in [0.05, 0.1) is 17.7 Å². The molecule has 28 heavy (non-hydrogen) atoms. The van der Waals surface area contributed by atoms with E-state index in [1.165, 1.54) is 12.1 Å². The van der Waals surface area contributed by atoms with Gasteiger partial charge in [-0.25, -0.2) is 22.5 Å². The SMILES string of the molecule is O=C(c1nc2cc(Cl)cc(F)c2[nH]1)N(CC(F)(F)CO)c1cccc(F)c1Cl. The Kier molecular flexibility index (Phi) is 5.51.